The summed E-state index contributed by atoms with van der Waals surface area (Å²) in [7, 11) is 1.83. The van der Waals surface area contributed by atoms with Crippen LogP contribution in [0.4, 0.5) is 11.4 Å². The van der Waals surface area contributed by atoms with Crippen LogP contribution in [0.1, 0.15) is 19.2 Å². The number of non-ortho nitro benzene ring substituents is 1. The molecule has 0 spiro atoms. The van der Waals surface area contributed by atoms with Crippen LogP contribution in [0.3, 0.4) is 0 Å². The van der Waals surface area contributed by atoms with Crippen LogP contribution < -0.4 is 10.1 Å². The number of anilines is 1. The first-order valence-electron chi connectivity index (χ1n) is 6.59. The average Bonchev–Trinajstić information content (AvgIpc) is 2.88. The van der Waals surface area contributed by atoms with E-state index in [1.54, 1.807) is 17.0 Å². The van der Waals surface area contributed by atoms with E-state index in [0.29, 0.717) is 24.6 Å². The van der Waals surface area contributed by atoms with Gasteiger partial charge in [0.05, 0.1) is 24.1 Å². The zero-order chi connectivity index (χ0) is 15.2. The molecule has 0 saturated heterocycles. The van der Waals surface area contributed by atoms with Crippen LogP contribution in [0.5, 0.6) is 5.75 Å². The molecule has 8 heteroatoms. The Morgan fingerprint density at radius 2 is 2.24 bits per heavy atom. The molecule has 0 unspecified atom stereocenters. The van der Waals surface area contributed by atoms with Gasteiger partial charge in [0.1, 0.15) is 12.1 Å². The Morgan fingerprint density at radius 3 is 2.86 bits per heavy atom. The fraction of sp³-hybridized carbons (Fsp3) is 0.385. The van der Waals surface area contributed by atoms with E-state index >= 15 is 0 Å². The minimum absolute atomic E-state index is 0.0101. The van der Waals surface area contributed by atoms with E-state index < -0.39 is 4.92 Å². The van der Waals surface area contributed by atoms with Crippen LogP contribution in [0, 0.1) is 10.1 Å². The van der Waals surface area contributed by atoms with E-state index in [2.05, 4.69) is 15.5 Å². The number of nitrogens with zero attached hydrogens (tertiary/aromatic N) is 4. The van der Waals surface area contributed by atoms with Crippen LogP contribution in [0.15, 0.2) is 24.5 Å². The minimum atomic E-state index is -0.438. The van der Waals surface area contributed by atoms with E-state index in [4.69, 9.17) is 4.74 Å². The van der Waals surface area contributed by atoms with Crippen molar-refractivity contribution in [3.05, 3.63) is 40.5 Å². The Kier molecular flexibility index (Phi) is 4.70. The maximum Gasteiger partial charge on any atom is 0.275 e. The molecule has 0 aliphatic heterocycles. The number of nitrogens with one attached hydrogen (secondary N) is 1. The maximum atomic E-state index is 11.0. The summed E-state index contributed by atoms with van der Waals surface area (Å²) in [6.07, 6.45) is 2.44. The highest BCUT2D eigenvalue weighted by atomic mass is 16.6. The highest BCUT2D eigenvalue weighted by Crippen LogP contribution is 2.26. The number of aromatic nitrogens is 3. The number of hydrogen-bond acceptors (Lipinski definition) is 6. The molecule has 21 heavy (non-hydrogen) atoms. The van der Waals surface area contributed by atoms with Crippen molar-refractivity contribution in [2.45, 2.75) is 19.9 Å². The van der Waals surface area contributed by atoms with Gasteiger partial charge in [0.25, 0.3) is 5.69 Å². The monoisotopic (exact) mass is 291 g/mol. The lowest BCUT2D eigenvalue weighted by molar-refractivity contribution is -0.384. The normalized spacial score (nSPS) is 10.4. The van der Waals surface area contributed by atoms with Crippen LogP contribution in [-0.4, -0.2) is 26.3 Å². The second-order valence-corrected chi connectivity index (χ2v) is 4.53. The lowest BCUT2D eigenvalue weighted by Crippen LogP contribution is -2.06. The summed E-state index contributed by atoms with van der Waals surface area (Å²) in [6.45, 7) is 2.92. The van der Waals surface area contributed by atoms with Gasteiger partial charge in [-0.05, 0) is 6.42 Å². The van der Waals surface area contributed by atoms with Gasteiger partial charge in [0, 0.05) is 24.9 Å². The van der Waals surface area contributed by atoms with Gasteiger partial charge in [-0.1, -0.05) is 6.92 Å². The molecule has 0 bridgehead atoms. The topological polar surface area (TPSA) is 95.1 Å². The minimum Gasteiger partial charge on any atom is -0.493 e. The standard InChI is InChI=1S/C13H17N5O3/c1-3-4-21-12-6-10(5-11(7-12)18(19)20)14-8-13-16-15-9-17(13)2/h5-7,9,14H,3-4,8H2,1-2H3. The first-order valence-corrected chi connectivity index (χ1v) is 6.59. The quantitative estimate of drug-likeness (QED) is 0.620. The number of hydrogen-bond donors (Lipinski definition) is 1. The van der Waals surface area contributed by atoms with Crippen molar-refractivity contribution in [2.24, 2.45) is 7.05 Å². The zero-order valence-electron chi connectivity index (χ0n) is 11.9. The molecule has 112 valence electrons. The molecule has 0 aliphatic carbocycles. The lowest BCUT2D eigenvalue weighted by Gasteiger charge is -2.09. The van der Waals surface area contributed by atoms with Crippen LogP contribution in [0.2, 0.25) is 0 Å². The van der Waals surface area contributed by atoms with Gasteiger partial charge in [-0.15, -0.1) is 10.2 Å². The number of benzene rings is 1. The molecule has 0 fully saturated rings. The van der Waals surface area contributed by atoms with Gasteiger partial charge in [-0.25, -0.2) is 0 Å². The Hall–Kier alpha value is -2.64. The van der Waals surface area contributed by atoms with Gasteiger partial charge in [0.15, 0.2) is 5.82 Å². The summed E-state index contributed by atoms with van der Waals surface area (Å²) in [5.74, 6) is 1.21. The molecule has 0 aliphatic rings. The van der Waals surface area contributed by atoms with Gasteiger partial charge < -0.3 is 14.6 Å². The first-order chi connectivity index (χ1) is 10.1. The Morgan fingerprint density at radius 1 is 1.43 bits per heavy atom. The SMILES string of the molecule is CCCOc1cc(NCc2nncn2C)cc([N+](=O)[O-])c1. The molecule has 8 nitrogen and oxygen atoms in total. The highest BCUT2D eigenvalue weighted by Gasteiger charge is 2.11. The Bertz CT molecular complexity index is 626. The van der Waals surface area contributed by atoms with Crippen LogP contribution in [0.25, 0.3) is 0 Å². The summed E-state index contributed by atoms with van der Waals surface area (Å²) in [6, 6.07) is 4.62. The van der Waals surface area contributed by atoms with E-state index in [1.807, 2.05) is 14.0 Å². The maximum absolute atomic E-state index is 11.0. The smallest absolute Gasteiger partial charge is 0.275 e. The molecular weight excluding hydrogens is 274 g/mol. The van der Waals surface area contributed by atoms with Gasteiger partial charge in [0.2, 0.25) is 0 Å². The lowest BCUT2D eigenvalue weighted by atomic mass is 10.2. The second-order valence-electron chi connectivity index (χ2n) is 4.53. The highest BCUT2D eigenvalue weighted by molar-refractivity contribution is 5.56. The third-order valence-electron chi connectivity index (χ3n) is 2.83. The number of nitro groups is 1. The first kappa shape index (κ1) is 14.8. The third-order valence-corrected chi connectivity index (χ3v) is 2.83. The van der Waals surface area contributed by atoms with Crippen molar-refractivity contribution in [3.63, 3.8) is 0 Å². The average molecular weight is 291 g/mol. The molecule has 1 aromatic heterocycles. The molecule has 2 aromatic rings. The van der Waals surface area contributed by atoms with Crippen LogP contribution in [-0.2, 0) is 13.6 Å². The van der Waals surface area contributed by atoms with E-state index in [1.165, 1.54) is 12.1 Å². The second kappa shape index (κ2) is 6.69. The molecule has 2 rings (SSSR count). The molecule has 1 heterocycles. The van der Waals surface area contributed by atoms with E-state index in [-0.39, 0.29) is 5.69 Å². The summed E-state index contributed by atoms with van der Waals surface area (Å²) in [5, 5.41) is 21.8. The van der Waals surface area contributed by atoms with E-state index in [0.717, 1.165) is 12.2 Å². The third kappa shape index (κ3) is 3.91. The van der Waals surface area contributed by atoms with Crippen molar-refractivity contribution >= 4 is 11.4 Å². The molecule has 0 amide bonds. The molecule has 0 atom stereocenters. The van der Waals surface area contributed by atoms with Gasteiger partial charge >= 0.3 is 0 Å². The molecule has 0 saturated carbocycles. The molecule has 1 aromatic carbocycles. The fourth-order valence-electron chi connectivity index (χ4n) is 1.74. The summed E-state index contributed by atoms with van der Waals surface area (Å²) in [5.41, 5.74) is 0.599. The number of aryl methyl sites for hydroxylation is 1. The number of ether oxygens (including phenoxy) is 1. The molecular formula is C13H17N5O3. The largest absolute Gasteiger partial charge is 0.493 e. The summed E-state index contributed by atoms with van der Waals surface area (Å²) in [4.78, 5) is 10.5. The Balaban J connectivity index is 2.15. The van der Waals surface area contributed by atoms with Crippen molar-refractivity contribution in [1.29, 1.82) is 0 Å². The summed E-state index contributed by atoms with van der Waals surface area (Å²) < 4.78 is 7.25. The number of rotatable bonds is 7. The van der Waals surface area contributed by atoms with E-state index in [9.17, 15) is 10.1 Å². The fourth-order valence-corrected chi connectivity index (χ4v) is 1.74. The summed E-state index contributed by atoms with van der Waals surface area (Å²) >= 11 is 0. The van der Waals surface area contributed by atoms with Crippen molar-refractivity contribution in [3.8, 4) is 5.75 Å². The number of nitro benzene ring substituents is 1. The van der Waals surface area contributed by atoms with Gasteiger partial charge in [-0.3, -0.25) is 10.1 Å². The van der Waals surface area contributed by atoms with Crippen molar-refractivity contribution < 1.29 is 9.66 Å². The van der Waals surface area contributed by atoms with Crippen molar-refractivity contribution in [2.75, 3.05) is 11.9 Å². The molecule has 1 N–H and O–H groups in total. The van der Waals surface area contributed by atoms with Gasteiger partial charge in [-0.2, -0.15) is 0 Å². The predicted molar refractivity (Wildman–Crippen MR) is 77.2 cm³/mol. The molecule has 0 radical (unpaired) electrons. The van der Waals surface area contributed by atoms with Crippen molar-refractivity contribution in [1.82, 2.24) is 14.8 Å². The predicted octanol–water partition coefficient (Wildman–Crippen LogP) is 2.12. The Labute approximate surface area is 121 Å². The van der Waals surface area contributed by atoms with Crippen LogP contribution >= 0.6 is 0 Å². The zero-order valence-corrected chi connectivity index (χ0v) is 11.9.